The second-order valence-corrected chi connectivity index (χ2v) is 2.79. The van der Waals surface area contributed by atoms with Crippen LogP contribution in [0.4, 0.5) is 5.69 Å². The van der Waals surface area contributed by atoms with Gasteiger partial charge in [-0.15, -0.1) is 0 Å². The van der Waals surface area contributed by atoms with Crippen LogP contribution in [0.2, 0.25) is 0 Å². The highest BCUT2D eigenvalue weighted by molar-refractivity contribution is 5.49. The van der Waals surface area contributed by atoms with Crippen LogP contribution in [-0.2, 0) is 0 Å². The van der Waals surface area contributed by atoms with Crippen molar-refractivity contribution in [2.24, 2.45) is 10.3 Å². The second kappa shape index (κ2) is 3.79. The van der Waals surface area contributed by atoms with E-state index in [1.54, 1.807) is 18.2 Å². The van der Waals surface area contributed by atoms with Crippen molar-refractivity contribution in [2.45, 2.75) is 0 Å². The summed E-state index contributed by atoms with van der Waals surface area (Å²) < 4.78 is 0. The molecule has 0 bridgehead atoms. The van der Waals surface area contributed by atoms with Crippen molar-refractivity contribution in [1.82, 2.24) is 4.79 Å². The Labute approximate surface area is 85.3 Å². The van der Waals surface area contributed by atoms with Crippen LogP contribution >= 0.6 is 0 Å². The van der Waals surface area contributed by atoms with Crippen molar-refractivity contribution in [3.63, 3.8) is 0 Å². The first-order valence-corrected chi connectivity index (χ1v) is 4.24. The van der Waals surface area contributed by atoms with Gasteiger partial charge >= 0.3 is 0 Å². The molecule has 0 aliphatic carbocycles. The van der Waals surface area contributed by atoms with Crippen molar-refractivity contribution < 1.29 is 9.95 Å². The minimum atomic E-state index is 0.0193. The van der Waals surface area contributed by atoms with Crippen LogP contribution in [0.25, 0.3) is 0 Å². The fourth-order valence-corrected chi connectivity index (χ4v) is 1.04. The lowest BCUT2D eigenvalue weighted by Gasteiger charge is -1.95. The number of aromatic hydroxyl groups is 1. The summed E-state index contributed by atoms with van der Waals surface area (Å²) in [6, 6.07) is 8.02. The average molecular weight is 204 g/mol. The largest absolute Gasteiger partial charge is 0.692 e. The molecule has 0 unspecified atom stereocenters. The molecule has 6 nitrogen and oxygen atoms in total. The Hall–Kier alpha value is -2.37. The molecule has 0 saturated carbocycles. The molecule has 76 valence electrons. The van der Waals surface area contributed by atoms with Gasteiger partial charge in [0.15, 0.2) is 10.9 Å². The average Bonchev–Trinajstić information content (AvgIpc) is 2.63. The van der Waals surface area contributed by atoms with E-state index in [0.29, 0.717) is 10.5 Å². The Balaban J connectivity index is 2.26. The molecule has 0 fully saturated rings. The summed E-state index contributed by atoms with van der Waals surface area (Å²) in [5.74, 6) is 0.0193. The van der Waals surface area contributed by atoms with Crippen LogP contribution in [-0.4, -0.2) is 9.90 Å². The van der Waals surface area contributed by atoms with E-state index in [1.165, 1.54) is 24.5 Å². The van der Waals surface area contributed by atoms with Gasteiger partial charge in [0, 0.05) is 10.9 Å². The Bertz CT molecular complexity index is 492. The number of hydrogen-bond donors (Lipinski definition) is 1. The monoisotopic (exact) mass is 204 g/mol. The van der Waals surface area contributed by atoms with E-state index in [9.17, 15) is 10.3 Å². The summed E-state index contributed by atoms with van der Waals surface area (Å²) >= 11 is 0. The van der Waals surface area contributed by atoms with E-state index < -0.39 is 0 Å². The molecule has 0 radical (unpaired) electrons. The van der Waals surface area contributed by atoms with Gasteiger partial charge in [0.1, 0.15) is 11.9 Å². The fourth-order valence-electron chi connectivity index (χ4n) is 1.04. The van der Waals surface area contributed by atoms with Crippen LogP contribution in [0.5, 0.6) is 5.75 Å². The van der Waals surface area contributed by atoms with Gasteiger partial charge in [-0.25, -0.2) is 0 Å². The van der Waals surface area contributed by atoms with Gasteiger partial charge in [0.25, 0.3) is 0 Å². The third-order valence-electron chi connectivity index (χ3n) is 1.76. The molecule has 0 atom stereocenters. The molecule has 0 saturated heterocycles. The lowest BCUT2D eigenvalue weighted by Crippen LogP contribution is -2.33. The van der Waals surface area contributed by atoms with E-state index in [-0.39, 0.29) is 5.75 Å². The van der Waals surface area contributed by atoms with E-state index in [1.807, 2.05) is 0 Å². The van der Waals surface area contributed by atoms with Gasteiger partial charge in [-0.3, -0.25) is 0 Å². The van der Waals surface area contributed by atoms with Gasteiger partial charge in [-0.1, -0.05) is 12.1 Å². The number of phenolic OH excluding ortho intramolecular Hbond substituents is 1. The number of phenols is 1. The molecule has 1 aromatic carbocycles. The molecule has 6 heteroatoms. The number of nitrogens with zero attached hydrogens (tertiary/aromatic N) is 4. The third-order valence-corrected chi connectivity index (χ3v) is 1.76. The van der Waals surface area contributed by atoms with E-state index in [0.717, 1.165) is 4.79 Å². The number of benzene rings is 1. The lowest BCUT2D eigenvalue weighted by molar-refractivity contribution is -0.693. The van der Waals surface area contributed by atoms with Crippen molar-refractivity contribution in [3.05, 3.63) is 47.9 Å². The van der Waals surface area contributed by atoms with Crippen LogP contribution in [0, 0.1) is 5.21 Å². The van der Waals surface area contributed by atoms with E-state index >= 15 is 0 Å². The van der Waals surface area contributed by atoms with E-state index in [2.05, 4.69) is 10.3 Å². The maximum absolute atomic E-state index is 11.0. The maximum Gasteiger partial charge on any atom is 0.179 e. The normalized spacial score (nSPS) is 10.9. The topological polar surface area (TPSA) is 76.8 Å². The summed E-state index contributed by atoms with van der Waals surface area (Å²) in [6.45, 7) is 0. The Morgan fingerprint density at radius 2 is 2.07 bits per heavy atom. The summed E-state index contributed by atoms with van der Waals surface area (Å²) in [5, 5.41) is 27.7. The summed E-state index contributed by atoms with van der Waals surface area (Å²) in [6.07, 6.45) is 2.75. The quantitative estimate of drug-likeness (QED) is 0.455. The first-order chi connectivity index (χ1) is 7.27. The zero-order valence-electron chi connectivity index (χ0n) is 7.69. The zero-order chi connectivity index (χ0) is 10.7. The summed E-state index contributed by atoms with van der Waals surface area (Å²) in [5.41, 5.74) is 0.311. The van der Waals surface area contributed by atoms with Crippen LogP contribution in [0.3, 0.4) is 0 Å². The van der Waals surface area contributed by atoms with Gasteiger partial charge < -0.3 is 10.3 Å². The highest BCUT2D eigenvalue weighted by Gasteiger charge is 2.01. The molecule has 0 aliphatic heterocycles. The Morgan fingerprint density at radius 3 is 2.73 bits per heavy atom. The van der Waals surface area contributed by atoms with Crippen LogP contribution in [0.15, 0.2) is 53.1 Å². The molecule has 2 aromatic rings. The number of hydrogen-bond acceptors (Lipinski definition) is 4. The van der Waals surface area contributed by atoms with Gasteiger partial charge in [0.2, 0.25) is 0 Å². The molecular formula is C9H8N4O2. The molecule has 0 aliphatic rings. The maximum atomic E-state index is 11.0. The minimum Gasteiger partial charge on any atom is -0.692 e. The minimum absolute atomic E-state index is 0.0193. The summed E-state index contributed by atoms with van der Waals surface area (Å²) in [4.78, 5) is 1.52. The molecule has 0 amide bonds. The van der Waals surface area contributed by atoms with Gasteiger partial charge in [0.05, 0.1) is 6.20 Å². The first kappa shape index (κ1) is 9.20. The lowest BCUT2D eigenvalue weighted by atomic mass is 10.3. The van der Waals surface area contributed by atoms with Crippen LogP contribution < -0.4 is 4.85 Å². The van der Waals surface area contributed by atoms with Crippen molar-refractivity contribution in [1.29, 1.82) is 0 Å². The third kappa shape index (κ3) is 1.93. The standard InChI is InChI=1S/C9H8N4O2/c14-9-5-2-1-4-8(9)10-11-12-6-3-7-13(12)15/h1-7,14H. The Morgan fingerprint density at radius 1 is 1.27 bits per heavy atom. The molecular weight excluding hydrogens is 196 g/mol. The molecule has 15 heavy (non-hydrogen) atoms. The zero-order valence-corrected chi connectivity index (χ0v) is 7.69. The SMILES string of the molecule is [O-][n+]1cccn1N=Nc1ccccc1O. The Kier molecular flexibility index (Phi) is 2.32. The predicted molar refractivity (Wildman–Crippen MR) is 51.4 cm³/mol. The number of rotatable bonds is 2. The number of aromatic nitrogens is 2. The highest BCUT2D eigenvalue weighted by atomic mass is 16.5. The molecule has 1 heterocycles. The molecule has 1 N–H and O–H groups in total. The predicted octanol–water partition coefficient (Wildman–Crippen LogP) is 1.37. The smallest absolute Gasteiger partial charge is 0.179 e. The highest BCUT2D eigenvalue weighted by Crippen LogP contribution is 2.24. The first-order valence-electron chi connectivity index (χ1n) is 4.24. The molecule has 1 aromatic heterocycles. The van der Waals surface area contributed by atoms with Crippen molar-refractivity contribution >= 4 is 5.69 Å². The van der Waals surface area contributed by atoms with Crippen molar-refractivity contribution in [2.75, 3.05) is 0 Å². The second-order valence-electron chi connectivity index (χ2n) is 2.79. The van der Waals surface area contributed by atoms with Crippen LogP contribution in [0.1, 0.15) is 0 Å². The molecule has 0 spiro atoms. The number of para-hydroxylation sites is 1. The van der Waals surface area contributed by atoms with Gasteiger partial charge in [-0.05, 0) is 17.2 Å². The fraction of sp³-hybridized carbons (Fsp3) is 0. The van der Waals surface area contributed by atoms with Crippen molar-refractivity contribution in [3.8, 4) is 5.75 Å². The van der Waals surface area contributed by atoms with Gasteiger partial charge in [-0.2, -0.15) is 4.85 Å². The summed E-state index contributed by atoms with van der Waals surface area (Å²) in [7, 11) is 0. The van der Waals surface area contributed by atoms with E-state index in [4.69, 9.17) is 0 Å². The molecule has 2 rings (SSSR count).